The minimum atomic E-state index is 0.684. The van der Waals surface area contributed by atoms with E-state index in [2.05, 4.69) is 52.4 Å². The van der Waals surface area contributed by atoms with Crippen molar-refractivity contribution >= 4 is 21.6 Å². The molecule has 2 heteroatoms. The average molecular weight is 268 g/mol. The van der Waals surface area contributed by atoms with E-state index in [-0.39, 0.29) is 0 Å². The van der Waals surface area contributed by atoms with Crippen molar-refractivity contribution in [3.8, 4) is 0 Å². The molecule has 0 aliphatic heterocycles. The SMILES string of the molecule is CCC1CCC(Nc2cccc(Br)c2)C1. The number of hydrogen-bond acceptors (Lipinski definition) is 1. The molecule has 1 aliphatic carbocycles. The second-order valence-electron chi connectivity index (χ2n) is 4.44. The smallest absolute Gasteiger partial charge is 0.0353 e. The van der Waals surface area contributed by atoms with E-state index in [1.807, 2.05) is 0 Å². The monoisotopic (exact) mass is 267 g/mol. The summed E-state index contributed by atoms with van der Waals surface area (Å²) in [6.07, 6.45) is 5.38. The molecule has 0 aromatic heterocycles. The van der Waals surface area contributed by atoms with Gasteiger partial charge in [0.05, 0.1) is 0 Å². The number of nitrogens with one attached hydrogen (secondary N) is 1. The highest BCUT2D eigenvalue weighted by Gasteiger charge is 2.22. The van der Waals surface area contributed by atoms with Crippen LogP contribution in [0.2, 0.25) is 0 Å². The Hall–Kier alpha value is -0.500. The second-order valence-corrected chi connectivity index (χ2v) is 5.35. The van der Waals surface area contributed by atoms with E-state index in [0.29, 0.717) is 6.04 Å². The van der Waals surface area contributed by atoms with Gasteiger partial charge in [-0.3, -0.25) is 0 Å². The van der Waals surface area contributed by atoms with E-state index in [0.717, 1.165) is 10.4 Å². The van der Waals surface area contributed by atoms with E-state index >= 15 is 0 Å². The van der Waals surface area contributed by atoms with Crippen LogP contribution in [0.1, 0.15) is 32.6 Å². The first-order valence-electron chi connectivity index (χ1n) is 5.80. The molecule has 82 valence electrons. The minimum absolute atomic E-state index is 0.684. The summed E-state index contributed by atoms with van der Waals surface area (Å²) in [6, 6.07) is 9.13. The Balaban J connectivity index is 1.92. The van der Waals surface area contributed by atoms with Crippen LogP contribution >= 0.6 is 15.9 Å². The zero-order valence-electron chi connectivity index (χ0n) is 9.17. The summed E-state index contributed by atoms with van der Waals surface area (Å²) < 4.78 is 1.15. The fourth-order valence-electron chi connectivity index (χ4n) is 2.39. The molecule has 2 atom stereocenters. The lowest BCUT2D eigenvalue weighted by Gasteiger charge is -2.14. The molecule has 1 aliphatic rings. The summed E-state index contributed by atoms with van der Waals surface area (Å²) in [5, 5.41) is 3.62. The van der Waals surface area contributed by atoms with Crippen molar-refractivity contribution in [3.63, 3.8) is 0 Å². The van der Waals surface area contributed by atoms with Gasteiger partial charge in [-0.05, 0) is 43.4 Å². The van der Waals surface area contributed by atoms with Crippen molar-refractivity contribution in [3.05, 3.63) is 28.7 Å². The van der Waals surface area contributed by atoms with Gasteiger partial charge in [-0.25, -0.2) is 0 Å². The van der Waals surface area contributed by atoms with Crippen LogP contribution in [0.4, 0.5) is 5.69 Å². The molecule has 0 spiro atoms. The zero-order chi connectivity index (χ0) is 10.7. The van der Waals surface area contributed by atoms with Crippen LogP contribution in [0.25, 0.3) is 0 Å². The van der Waals surface area contributed by atoms with Crippen molar-refractivity contribution in [2.24, 2.45) is 5.92 Å². The summed E-state index contributed by atoms with van der Waals surface area (Å²) in [4.78, 5) is 0. The molecule has 0 heterocycles. The maximum absolute atomic E-state index is 3.62. The fourth-order valence-corrected chi connectivity index (χ4v) is 2.79. The molecule has 1 saturated carbocycles. The molecule has 0 amide bonds. The first-order chi connectivity index (χ1) is 7.28. The fraction of sp³-hybridized carbons (Fsp3) is 0.538. The molecule has 0 bridgehead atoms. The van der Waals surface area contributed by atoms with Crippen LogP contribution in [-0.4, -0.2) is 6.04 Å². The third-order valence-electron chi connectivity index (χ3n) is 3.31. The van der Waals surface area contributed by atoms with Crippen molar-refractivity contribution < 1.29 is 0 Å². The van der Waals surface area contributed by atoms with Gasteiger partial charge in [0.15, 0.2) is 0 Å². The van der Waals surface area contributed by atoms with Crippen LogP contribution < -0.4 is 5.32 Å². The van der Waals surface area contributed by atoms with Gasteiger partial charge in [-0.15, -0.1) is 0 Å². The highest BCUT2D eigenvalue weighted by atomic mass is 79.9. The van der Waals surface area contributed by atoms with E-state index in [1.165, 1.54) is 31.4 Å². The van der Waals surface area contributed by atoms with E-state index in [1.54, 1.807) is 0 Å². The molecule has 2 unspecified atom stereocenters. The average Bonchev–Trinajstić information content (AvgIpc) is 2.65. The molecule has 15 heavy (non-hydrogen) atoms. The molecule has 1 nitrogen and oxygen atoms in total. The van der Waals surface area contributed by atoms with Crippen LogP contribution in [0.3, 0.4) is 0 Å². The first kappa shape index (κ1) is 11.0. The predicted octanol–water partition coefficient (Wildman–Crippen LogP) is 4.44. The minimum Gasteiger partial charge on any atom is -0.382 e. The highest BCUT2D eigenvalue weighted by Crippen LogP contribution is 2.30. The molecule has 1 N–H and O–H groups in total. The standard InChI is InChI=1S/C13H18BrN/c1-2-10-6-7-13(8-10)15-12-5-3-4-11(14)9-12/h3-5,9-10,13,15H,2,6-8H2,1H3. The van der Waals surface area contributed by atoms with Gasteiger partial charge in [0.1, 0.15) is 0 Å². The Morgan fingerprint density at radius 2 is 2.27 bits per heavy atom. The highest BCUT2D eigenvalue weighted by molar-refractivity contribution is 9.10. The summed E-state index contributed by atoms with van der Waals surface area (Å²) in [6.45, 7) is 2.30. The van der Waals surface area contributed by atoms with Crippen LogP contribution in [0.5, 0.6) is 0 Å². The number of halogens is 1. The first-order valence-corrected chi connectivity index (χ1v) is 6.59. The van der Waals surface area contributed by atoms with Gasteiger partial charge in [-0.1, -0.05) is 35.3 Å². The quantitative estimate of drug-likeness (QED) is 0.854. The number of benzene rings is 1. The van der Waals surface area contributed by atoms with Crippen LogP contribution in [0, 0.1) is 5.92 Å². The molecule has 1 fully saturated rings. The maximum atomic E-state index is 3.62. The molecule has 0 saturated heterocycles. The number of anilines is 1. The van der Waals surface area contributed by atoms with Gasteiger partial charge >= 0.3 is 0 Å². The third-order valence-corrected chi connectivity index (χ3v) is 3.81. The van der Waals surface area contributed by atoms with Crippen LogP contribution in [-0.2, 0) is 0 Å². The molecular formula is C13H18BrN. The van der Waals surface area contributed by atoms with Crippen molar-refractivity contribution in [2.45, 2.75) is 38.6 Å². The van der Waals surface area contributed by atoms with E-state index in [9.17, 15) is 0 Å². The van der Waals surface area contributed by atoms with E-state index in [4.69, 9.17) is 0 Å². The van der Waals surface area contributed by atoms with Gasteiger partial charge in [-0.2, -0.15) is 0 Å². The normalized spacial score (nSPS) is 25.5. The Kier molecular flexibility index (Phi) is 3.68. The van der Waals surface area contributed by atoms with Gasteiger partial charge in [0, 0.05) is 16.2 Å². The lowest BCUT2D eigenvalue weighted by Crippen LogP contribution is -2.15. The lowest BCUT2D eigenvalue weighted by molar-refractivity contribution is 0.525. The van der Waals surface area contributed by atoms with Crippen molar-refractivity contribution in [1.82, 2.24) is 0 Å². The van der Waals surface area contributed by atoms with E-state index < -0.39 is 0 Å². The Bertz CT molecular complexity index is 324. The third kappa shape index (κ3) is 2.97. The van der Waals surface area contributed by atoms with Crippen molar-refractivity contribution in [1.29, 1.82) is 0 Å². The topological polar surface area (TPSA) is 12.0 Å². The zero-order valence-corrected chi connectivity index (χ0v) is 10.8. The Labute approximate surface area is 100 Å². The summed E-state index contributed by atoms with van der Waals surface area (Å²) in [5.41, 5.74) is 1.24. The summed E-state index contributed by atoms with van der Waals surface area (Å²) in [5.74, 6) is 0.939. The number of hydrogen-bond donors (Lipinski definition) is 1. The Morgan fingerprint density at radius 1 is 1.40 bits per heavy atom. The van der Waals surface area contributed by atoms with Gasteiger partial charge < -0.3 is 5.32 Å². The molecule has 1 aromatic rings. The molecule has 2 rings (SSSR count). The molecule has 1 aromatic carbocycles. The summed E-state index contributed by atoms with van der Waals surface area (Å²) >= 11 is 3.50. The predicted molar refractivity (Wildman–Crippen MR) is 69.2 cm³/mol. The van der Waals surface area contributed by atoms with Gasteiger partial charge in [0.25, 0.3) is 0 Å². The lowest BCUT2D eigenvalue weighted by atomic mass is 10.1. The number of rotatable bonds is 3. The van der Waals surface area contributed by atoms with Crippen molar-refractivity contribution in [2.75, 3.05) is 5.32 Å². The Morgan fingerprint density at radius 3 is 2.93 bits per heavy atom. The maximum Gasteiger partial charge on any atom is 0.0353 e. The molecule has 0 radical (unpaired) electrons. The largest absolute Gasteiger partial charge is 0.382 e. The van der Waals surface area contributed by atoms with Crippen LogP contribution in [0.15, 0.2) is 28.7 Å². The molecular weight excluding hydrogens is 250 g/mol. The summed E-state index contributed by atoms with van der Waals surface area (Å²) in [7, 11) is 0. The second kappa shape index (κ2) is 5.02. The van der Waals surface area contributed by atoms with Gasteiger partial charge in [0.2, 0.25) is 0 Å².